The van der Waals surface area contributed by atoms with Crippen LogP contribution in [0.25, 0.3) is 0 Å². The number of thioether (sulfide) groups is 1. The van der Waals surface area contributed by atoms with Gasteiger partial charge in [0.15, 0.2) is 0 Å². The first-order valence-corrected chi connectivity index (χ1v) is 7.46. The zero-order valence-corrected chi connectivity index (χ0v) is 12.7. The molecule has 21 heavy (non-hydrogen) atoms. The second kappa shape index (κ2) is 6.91. The Morgan fingerprint density at radius 2 is 2.05 bits per heavy atom. The van der Waals surface area contributed by atoms with Gasteiger partial charge in [0.05, 0.1) is 5.75 Å². The monoisotopic (exact) mass is 327 g/mol. The summed E-state index contributed by atoms with van der Waals surface area (Å²) in [6.07, 6.45) is 0. The van der Waals surface area contributed by atoms with Crippen LogP contribution in [0.1, 0.15) is 5.56 Å². The van der Waals surface area contributed by atoms with Crippen LogP contribution in [0, 0.1) is 18.6 Å². The van der Waals surface area contributed by atoms with Crippen molar-refractivity contribution >= 4 is 35.0 Å². The number of carbonyl (C=O) groups excluding carboxylic acids is 1. The molecular weight excluding hydrogens is 316 g/mol. The van der Waals surface area contributed by atoms with Crippen molar-refractivity contribution in [2.24, 2.45) is 0 Å². The summed E-state index contributed by atoms with van der Waals surface area (Å²) in [7, 11) is 0. The lowest BCUT2D eigenvalue weighted by atomic mass is 10.2. The van der Waals surface area contributed by atoms with Gasteiger partial charge in [0.2, 0.25) is 5.91 Å². The molecule has 2 aromatic carbocycles. The Morgan fingerprint density at radius 1 is 1.29 bits per heavy atom. The normalized spacial score (nSPS) is 10.5. The predicted molar refractivity (Wildman–Crippen MR) is 81.9 cm³/mol. The molecule has 2 rings (SSSR count). The number of carbonyl (C=O) groups is 1. The average Bonchev–Trinajstić information content (AvgIpc) is 2.43. The highest BCUT2D eigenvalue weighted by Gasteiger charge is 2.10. The van der Waals surface area contributed by atoms with Gasteiger partial charge in [0.25, 0.3) is 0 Å². The lowest BCUT2D eigenvalue weighted by molar-refractivity contribution is -0.113. The smallest absolute Gasteiger partial charge is 0.234 e. The van der Waals surface area contributed by atoms with Crippen molar-refractivity contribution < 1.29 is 13.6 Å². The highest BCUT2D eigenvalue weighted by Crippen LogP contribution is 2.25. The van der Waals surface area contributed by atoms with E-state index >= 15 is 0 Å². The maximum Gasteiger partial charge on any atom is 0.234 e. The molecule has 0 atom stereocenters. The molecule has 0 radical (unpaired) electrons. The van der Waals surface area contributed by atoms with Gasteiger partial charge in [0.1, 0.15) is 11.6 Å². The van der Waals surface area contributed by atoms with Crippen LogP contribution in [-0.2, 0) is 4.79 Å². The second-order valence-electron chi connectivity index (χ2n) is 4.32. The van der Waals surface area contributed by atoms with E-state index in [9.17, 15) is 13.6 Å². The zero-order chi connectivity index (χ0) is 15.4. The van der Waals surface area contributed by atoms with Crippen LogP contribution >= 0.6 is 23.4 Å². The molecule has 2 nitrogen and oxygen atoms in total. The Labute approximate surface area is 130 Å². The van der Waals surface area contributed by atoms with Crippen molar-refractivity contribution in [2.75, 3.05) is 11.1 Å². The van der Waals surface area contributed by atoms with Crippen molar-refractivity contribution in [2.45, 2.75) is 11.8 Å². The summed E-state index contributed by atoms with van der Waals surface area (Å²) >= 11 is 6.97. The predicted octanol–water partition coefficient (Wildman–Crippen LogP) is 4.66. The Bertz CT molecular complexity index is 679. The van der Waals surface area contributed by atoms with Gasteiger partial charge in [-0.25, -0.2) is 8.78 Å². The summed E-state index contributed by atoms with van der Waals surface area (Å²) in [5.74, 6) is -1.58. The van der Waals surface area contributed by atoms with Gasteiger partial charge >= 0.3 is 0 Å². The SMILES string of the molecule is Cc1c(Cl)cccc1NC(=O)CSc1ccc(F)cc1F. The number of anilines is 1. The van der Waals surface area contributed by atoms with Crippen LogP contribution in [0.4, 0.5) is 14.5 Å². The highest BCUT2D eigenvalue weighted by molar-refractivity contribution is 8.00. The van der Waals surface area contributed by atoms with Gasteiger partial charge in [-0.15, -0.1) is 11.8 Å². The first kappa shape index (κ1) is 15.8. The molecule has 0 heterocycles. The van der Waals surface area contributed by atoms with Crippen LogP contribution < -0.4 is 5.32 Å². The largest absolute Gasteiger partial charge is 0.325 e. The lowest BCUT2D eigenvalue weighted by Crippen LogP contribution is -2.15. The van der Waals surface area contributed by atoms with Crippen molar-refractivity contribution in [1.82, 2.24) is 0 Å². The van der Waals surface area contributed by atoms with Gasteiger partial charge in [0, 0.05) is 21.7 Å². The summed E-state index contributed by atoms with van der Waals surface area (Å²) < 4.78 is 26.2. The van der Waals surface area contributed by atoms with E-state index < -0.39 is 11.6 Å². The second-order valence-corrected chi connectivity index (χ2v) is 5.75. The molecule has 6 heteroatoms. The van der Waals surface area contributed by atoms with Gasteiger partial charge in [-0.3, -0.25) is 4.79 Å². The fourth-order valence-corrected chi connectivity index (χ4v) is 2.56. The molecule has 0 aliphatic heterocycles. The zero-order valence-electron chi connectivity index (χ0n) is 11.1. The summed E-state index contributed by atoms with van der Waals surface area (Å²) in [5.41, 5.74) is 1.39. The molecule has 0 aliphatic rings. The van der Waals surface area contributed by atoms with Crippen molar-refractivity contribution in [3.63, 3.8) is 0 Å². The average molecular weight is 328 g/mol. The van der Waals surface area contributed by atoms with Crippen LogP contribution in [0.5, 0.6) is 0 Å². The van der Waals surface area contributed by atoms with Crippen molar-refractivity contribution in [1.29, 1.82) is 0 Å². The van der Waals surface area contributed by atoms with Crippen LogP contribution in [0.3, 0.4) is 0 Å². The standard InChI is InChI=1S/C15H12ClF2NOS/c1-9-11(16)3-2-4-13(9)19-15(20)8-21-14-6-5-10(17)7-12(14)18/h2-7H,8H2,1H3,(H,19,20). The van der Waals surface area contributed by atoms with E-state index in [1.165, 1.54) is 6.07 Å². The minimum Gasteiger partial charge on any atom is -0.325 e. The minimum absolute atomic E-state index is 0.0223. The number of hydrogen-bond acceptors (Lipinski definition) is 2. The molecule has 0 unspecified atom stereocenters. The number of benzene rings is 2. The Balaban J connectivity index is 1.97. The summed E-state index contributed by atoms with van der Waals surface area (Å²) in [6.45, 7) is 1.80. The Kier molecular flexibility index (Phi) is 5.20. The first-order valence-electron chi connectivity index (χ1n) is 6.10. The molecule has 0 bridgehead atoms. The van der Waals surface area contributed by atoms with Crippen molar-refractivity contribution in [3.05, 3.63) is 58.6 Å². The lowest BCUT2D eigenvalue weighted by Gasteiger charge is -2.09. The van der Waals surface area contributed by atoms with E-state index in [0.29, 0.717) is 10.7 Å². The molecule has 1 N–H and O–H groups in total. The molecule has 0 spiro atoms. The number of amides is 1. The maximum absolute atomic E-state index is 13.4. The summed E-state index contributed by atoms with van der Waals surface area (Å²) in [6, 6.07) is 8.47. The third-order valence-corrected chi connectivity index (χ3v) is 4.25. The third kappa shape index (κ3) is 4.19. The number of halogens is 3. The fourth-order valence-electron chi connectivity index (χ4n) is 1.66. The molecule has 110 valence electrons. The fraction of sp³-hybridized carbons (Fsp3) is 0.133. The topological polar surface area (TPSA) is 29.1 Å². The Hall–Kier alpha value is -1.59. The van der Waals surface area contributed by atoms with Crippen LogP contribution in [0.15, 0.2) is 41.3 Å². The minimum atomic E-state index is -0.674. The number of hydrogen-bond donors (Lipinski definition) is 1. The first-order chi connectivity index (χ1) is 9.97. The van der Waals surface area contributed by atoms with Gasteiger partial charge in [-0.1, -0.05) is 17.7 Å². The van der Waals surface area contributed by atoms with Crippen LogP contribution in [0.2, 0.25) is 5.02 Å². The number of nitrogens with one attached hydrogen (secondary N) is 1. The van der Waals surface area contributed by atoms with E-state index in [-0.39, 0.29) is 16.6 Å². The summed E-state index contributed by atoms with van der Waals surface area (Å²) in [4.78, 5) is 12.1. The highest BCUT2D eigenvalue weighted by atomic mass is 35.5. The molecule has 0 fully saturated rings. The molecule has 0 aromatic heterocycles. The molecule has 0 aliphatic carbocycles. The van der Waals surface area contributed by atoms with Gasteiger partial charge in [-0.05, 0) is 36.8 Å². The van der Waals surface area contributed by atoms with Gasteiger partial charge < -0.3 is 5.32 Å². The van der Waals surface area contributed by atoms with Crippen LogP contribution in [-0.4, -0.2) is 11.7 Å². The number of rotatable bonds is 4. The quantitative estimate of drug-likeness (QED) is 0.828. The maximum atomic E-state index is 13.4. The van der Waals surface area contributed by atoms with E-state index in [1.807, 2.05) is 0 Å². The van der Waals surface area contributed by atoms with E-state index in [0.717, 1.165) is 29.5 Å². The molecule has 1 amide bonds. The molecule has 2 aromatic rings. The molecule has 0 saturated carbocycles. The molecular formula is C15H12ClF2NOS. The third-order valence-electron chi connectivity index (χ3n) is 2.79. The Morgan fingerprint density at radius 3 is 2.76 bits per heavy atom. The van der Waals surface area contributed by atoms with Crippen molar-refractivity contribution in [3.8, 4) is 0 Å². The van der Waals surface area contributed by atoms with E-state index in [2.05, 4.69) is 5.32 Å². The molecule has 0 saturated heterocycles. The summed E-state index contributed by atoms with van der Waals surface area (Å²) in [5, 5.41) is 3.27. The van der Waals surface area contributed by atoms with Gasteiger partial charge in [-0.2, -0.15) is 0 Å². The van der Waals surface area contributed by atoms with E-state index in [4.69, 9.17) is 11.6 Å². The van der Waals surface area contributed by atoms with E-state index in [1.54, 1.807) is 25.1 Å².